The van der Waals surface area contributed by atoms with E-state index in [2.05, 4.69) is 15.1 Å². The molecule has 0 spiro atoms. The Morgan fingerprint density at radius 3 is 2.82 bits per heavy atom. The van der Waals surface area contributed by atoms with E-state index in [1.807, 2.05) is 31.2 Å². The molecule has 0 saturated heterocycles. The molecule has 0 radical (unpaired) electrons. The monoisotopic (exact) mass is 244 g/mol. The fraction of sp³-hybridized carbons (Fsp3) is 0.0833. The molecule has 0 saturated carbocycles. The van der Waals surface area contributed by atoms with Crippen molar-refractivity contribution >= 4 is 22.5 Å². The van der Waals surface area contributed by atoms with Gasteiger partial charge in [0.1, 0.15) is 0 Å². The zero-order valence-electron chi connectivity index (χ0n) is 9.13. The molecule has 2 aromatic heterocycles. The van der Waals surface area contributed by atoms with Gasteiger partial charge in [-0.25, -0.2) is 9.67 Å². The Morgan fingerprint density at radius 2 is 2.00 bits per heavy atom. The molecule has 0 aliphatic heterocycles. The summed E-state index contributed by atoms with van der Waals surface area (Å²) in [5.74, 6) is 0.675. The zero-order valence-corrected chi connectivity index (χ0v) is 9.89. The molecule has 4 nitrogen and oxygen atoms in total. The first-order chi connectivity index (χ1) is 8.25. The number of para-hydroxylation sites is 1. The number of benzene rings is 1. The van der Waals surface area contributed by atoms with Crippen LogP contribution in [0.1, 0.15) is 5.69 Å². The number of nitrogens with zero attached hydrogens (tertiary/aromatic N) is 4. The summed E-state index contributed by atoms with van der Waals surface area (Å²) >= 11 is 5.79. The van der Waals surface area contributed by atoms with Crippen LogP contribution >= 0.6 is 11.6 Å². The molecule has 0 bridgehead atoms. The van der Waals surface area contributed by atoms with Crippen LogP contribution in [-0.4, -0.2) is 19.7 Å². The van der Waals surface area contributed by atoms with Gasteiger partial charge in [0, 0.05) is 17.6 Å². The third-order valence-electron chi connectivity index (χ3n) is 2.60. The minimum Gasteiger partial charge on any atom is -0.226 e. The van der Waals surface area contributed by atoms with E-state index in [1.165, 1.54) is 0 Å². The molecule has 0 amide bonds. The molecule has 2 heterocycles. The molecule has 0 atom stereocenters. The topological polar surface area (TPSA) is 43.6 Å². The van der Waals surface area contributed by atoms with Gasteiger partial charge in [-0.15, -0.1) is 0 Å². The second kappa shape index (κ2) is 3.82. The van der Waals surface area contributed by atoms with Gasteiger partial charge < -0.3 is 0 Å². The van der Waals surface area contributed by atoms with Gasteiger partial charge in [-0.05, 0) is 24.6 Å². The van der Waals surface area contributed by atoms with E-state index in [1.54, 1.807) is 16.9 Å². The fourth-order valence-corrected chi connectivity index (χ4v) is 1.98. The quantitative estimate of drug-likeness (QED) is 0.618. The van der Waals surface area contributed by atoms with Crippen molar-refractivity contribution in [2.45, 2.75) is 6.92 Å². The summed E-state index contributed by atoms with van der Waals surface area (Å²) in [6.45, 7) is 1.97. The number of halogens is 1. The van der Waals surface area contributed by atoms with Gasteiger partial charge in [-0.1, -0.05) is 18.2 Å². The first kappa shape index (κ1) is 10.2. The number of aromatic nitrogens is 4. The van der Waals surface area contributed by atoms with Gasteiger partial charge >= 0.3 is 0 Å². The van der Waals surface area contributed by atoms with E-state index >= 15 is 0 Å². The third kappa shape index (κ3) is 1.66. The summed E-state index contributed by atoms with van der Waals surface area (Å²) in [5.41, 5.74) is 1.98. The summed E-state index contributed by atoms with van der Waals surface area (Å²) in [6.07, 6.45) is 1.62. The van der Waals surface area contributed by atoms with Crippen molar-refractivity contribution in [1.82, 2.24) is 19.7 Å². The van der Waals surface area contributed by atoms with Crippen LogP contribution in [0, 0.1) is 6.92 Å². The fourth-order valence-electron chi connectivity index (χ4n) is 1.84. The van der Waals surface area contributed by atoms with Crippen molar-refractivity contribution in [1.29, 1.82) is 0 Å². The molecule has 0 aliphatic rings. The molecule has 0 N–H and O–H groups in total. The number of hydrogen-bond donors (Lipinski definition) is 0. The molecule has 84 valence electrons. The molecule has 0 aliphatic carbocycles. The average molecular weight is 245 g/mol. The zero-order chi connectivity index (χ0) is 11.8. The smallest absolute Gasteiger partial charge is 0.224 e. The molecule has 17 heavy (non-hydrogen) atoms. The predicted octanol–water partition coefficient (Wildman–Crippen LogP) is 2.78. The summed E-state index contributed by atoms with van der Waals surface area (Å²) in [4.78, 5) is 8.03. The summed E-state index contributed by atoms with van der Waals surface area (Å²) in [5, 5.41) is 5.80. The Hall–Kier alpha value is -1.94. The maximum Gasteiger partial charge on any atom is 0.224 e. The first-order valence-corrected chi connectivity index (χ1v) is 5.57. The summed E-state index contributed by atoms with van der Waals surface area (Å²) < 4.78 is 1.78. The molecular weight excluding hydrogens is 236 g/mol. The Kier molecular flexibility index (Phi) is 2.30. The normalized spacial score (nSPS) is 10.9. The van der Waals surface area contributed by atoms with E-state index in [0.29, 0.717) is 5.82 Å². The van der Waals surface area contributed by atoms with E-state index in [0.717, 1.165) is 16.6 Å². The van der Waals surface area contributed by atoms with E-state index in [9.17, 15) is 0 Å². The van der Waals surface area contributed by atoms with Crippen molar-refractivity contribution in [3.8, 4) is 5.82 Å². The first-order valence-electron chi connectivity index (χ1n) is 5.19. The molecule has 1 aromatic carbocycles. The summed E-state index contributed by atoms with van der Waals surface area (Å²) in [6, 6.07) is 9.80. The lowest BCUT2D eigenvalue weighted by Gasteiger charge is -2.01. The molecule has 5 heteroatoms. The SMILES string of the molecule is Cc1nn(-c2ccnc(Cl)n2)c2ccccc12. The lowest BCUT2D eigenvalue weighted by molar-refractivity contribution is 0.850. The van der Waals surface area contributed by atoms with Crippen molar-refractivity contribution in [3.63, 3.8) is 0 Å². The van der Waals surface area contributed by atoms with Gasteiger partial charge in [0.2, 0.25) is 5.28 Å². The van der Waals surface area contributed by atoms with Crippen LogP contribution in [0.5, 0.6) is 0 Å². The van der Waals surface area contributed by atoms with Crippen molar-refractivity contribution < 1.29 is 0 Å². The van der Waals surface area contributed by atoms with Crippen molar-refractivity contribution in [2.24, 2.45) is 0 Å². The van der Waals surface area contributed by atoms with Crippen LogP contribution in [0.2, 0.25) is 5.28 Å². The molecule has 0 fully saturated rings. The third-order valence-corrected chi connectivity index (χ3v) is 2.78. The molecule has 0 unspecified atom stereocenters. The maximum atomic E-state index is 5.79. The highest BCUT2D eigenvalue weighted by molar-refractivity contribution is 6.28. The average Bonchev–Trinajstić information content (AvgIpc) is 2.68. The van der Waals surface area contributed by atoms with Crippen LogP contribution in [0.4, 0.5) is 0 Å². The Balaban J connectivity index is 2.31. The highest BCUT2D eigenvalue weighted by Crippen LogP contribution is 2.20. The molecule has 3 aromatic rings. The summed E-state index contributed by atoms with van der Waals surface area (Å²) in [7, 11) is 0. The largest absolute Gasteiger partial charge is 0.226 e. The van der Waals surface area contributed by atoms with Crippen LogP contribution < -0.4 is 0 Å². The number of rotatable bonds is 1. The van der Waals surface area contributed by atoms with Gasteiger partial charge in [0.05, 0.1) is 11.2 Å². The van der Waals surface area contributed by atoms with E-state index < -0.39 is 0 Å². The Bertz CT molecular complexity index is 690. The number of hydrogen-bond acceptors (Lipinski definition) is 3. The lowest BCUT2D eigenvalue weighted by Crippen LogP contribution is -2.00. The minimum absolute atomic E-state index is 0.222. The highest BCUT2D eigenvalue weighted by atomic mass is 35.5. The lowest BCUT2D eigenvalue weighted by atomic mass is 10.2. The second-order valence-electron chi connectivity index (χ2n) is 3.70. The van der Waals surface area contributed by atoms with Crippen LogP contribution in [0.25, 0.3) is 16.7 Å². The molecule has 3 rings (SSSR count). The van der Waals surface area contributed by atoms with Crippen LogP contribution in [0.3, 0.4) is 0 Å². The predicted molar refractivity (Wildman–Crippen MR) is 66.4 cm³/mol. The maximum absolute atomic E-state index is 5.79. The number of aryl methyl sites for hydroxylation is 1. The van der Waals surface area contributed by atoms with Gasteiger partial charge in [-0.2, -0.15) is 10.1 Å². The van der Waals surface area contributed by atoms with Gasteiger partial charge in [-0.3, -0.25) is 0 Å². The minimum atomic E-state index is 0.222. The number of fused-ring (bicyclic) bond motifs is 1. The van der Waals surface area contributed by atoms with Crippen LogP contribution in [-0.2, 0) is 0 Å². The van der Waals surface area contributed by atoms with E-state index in [-0.39, 0.29) is 5.28 Å². The highest BCUT2D eigenvalue weighted by Gasteiger charge is 2.09. The van der Waals surface area contributed by atoms with Crippen molar-refractivity contribution in [3.05, 3.63) is 47.5 Å². The Labute approximate surface area is 103 Å². The van der Waals surface area contributed by atoms with Gasteiger partial charge in [0.15, 0.2) is 5.82 Å². The van der Waals surface area contributed by atoms with E-state index in [4.69, 9.17) is 11.6 Å². The Morgan fingerprint density at radius 1 is 1.18 bits per heavy atom. The van der Waals surface area contributed by atoms with Crippen LogP contribution in [0.15, 0.2) is 36.5 Å². The van der Waals surface area contributed by atoms with Crippen molar-refractivity contribution in [2.75, 3.05) is 0 Å². The molecular formula is C12H9ClN4. The van der Waals surface area contributed by atoms with Gasteiger partial charge in [0.25, 0.3) is 0 Å². The second-order valence-corrected chi connectivity index (χ2v) is 4.04. The standard InChI is InChI=1S/C12H9ClN4/c1-8-9-4-2-3-5-10(9)17(16-8)11-6-7-14-12(13)15-11/h2-7H,1H3.